The molecule has 1 aromatic heterocycles. The van der Waals surface area contributed by atoms with E-state index < -0.39 is 12.6 Å². The van der Waals surface area contributed by atoms with Crippen LogP contribution in [-0.4, -0.2) is 44.7 Å². The van der Waals surface area contributed by atoms with E-state index in [0.29, 0.717) is 0 Å². The van der Waals surface area contributed by atoms with Crippen molar-refractivity contribution >= 4 is 27.9 Å². The molecule has 0 spiro atoms. The molecular formula is C12H15F3N4OS. The number of alkyl halides is 3. The number of thiophene rings is 1. The molecule has 116 valence electrons. The molecule has 0 fully saturated rings. The van der Waals surface area contributed by atoms with Crippen LogP contribution in [0, 0.1) is 11.3 Å². The molecule has 21 heavy (non-hydrogen) atoms. The maximum atomic E-state index is 12.3. The molecule has 2 N–H and O–H groups in total. The van der Waals surface area contributed by atoms with Crippen molar-refractivity contribution in [1.82, 2.24) is 4.90 Å². The van der Waals surface area contributed by atoms with Gasteiger partial charge in [0.05, 0.1) is 12.1 Å². The van der Waals surface area contributed by atoms with Gasteiger partial charge in [-0.15, -0.1) is 11.3 Å². The Labute approximate surface area is 124 Å². The van der Waals surface area contributed by atoms with E-state index >= 15 is 0 Å². The first-order chi connectivity index (χ1) is 9.58. The second kappa shape index (κ2) is 6.22. The van der Waals surface area contributed by atoms with Crippen molar-refractivity contribution in [2.24, 2.45) is 0 Å². The van der Waals surface area contributed by atoms with Crippen LogP contribution in [0.1, 0.15) is 21.7 Å². The van der Waals surface area contributed by atoms with Gasteiger partial charge in [-0.05, 0) is 0 Å². The van der Waals surface area contributed by atoms with Gasteiger partial charge >= 0.3 is 6.18 Å². The van der Waals surface area contributed by atoms with Crippen LogP contribution in [0.5, 0.6) is 0 Å². The fraction of sp³-hybridized carbons (Fsp3) is 0.500. The fourth-order valence-corrected chi connectivity index (χ4v) is 2.75. The number of carbonyl (C=O) groups excluding carboxylic acids is 1. The topological polar surface area (TPSA) is 73.4 Å². The van der Waals surface area contributed by atoms with Crippen molar-refractivity contribution < 1.29 is 18.0 Å². The summed E-state index contributed by atoms with van der Waals surface area (Å²) < 4.78 is 36.8. The van der Waals surface area contributed by atoms with Gasteiger partial charge in [-0.3, -0.25) is 4.79 Å². The van der Waals surface area contributed by atoms with Gasteiger partial charge in [-0.25, -0.2) is 0 Å². The third-order valence-electron chi connectivity index (χ3n) is 2.72. The average molecular weight is 320 g/mol. The summed E-state index contributed by atoms with van der Waals surface area (Å²) in [5.74, 6) is -0.385. The van der Waals surface area contributed by atoms with Gasteiger partial charge in [0, 0.05) is 27.7 Å². The Hall–Kier alpha value is -1.95. The van der Waals surface area contributed by atoms with Crippen LogP contribution in [0.4, 0.5) is 23.9 Å². The van der Waals surface area contributed by atoms with E-state index in [1.165, 1.54) is 30.9 Å². The molecule has 9 heteroatoms. The zero-order valence-electron chi connectivity index (χ0n) is 11.8. The molecule has 0 saturated carbocycles. The number of carbonyl (C=O) groups is 1. The summed E-state index contributed by atoms with van der Waals surface area (Å²) in [5.41, 5.74) is 5.81. The highest BCUT2D eigenvalue weighted by Crippen LogP contribution is 2.38. The number of nitrogens with zero attached hydrogens (tertiary/aromatic N) is 3. The summed E-state index contributed by atoms with van der Waals surface area (Å²) in [5, 5.41) is 9.38. The van der Waals surface area contributed by atoms with Gasteiger partial charge < -0.3 is 15.5 Å². The van der Waals surface area contributed by atoms with E-state index in [1.807, 2.05) is 6.07 Å². The number of hydrogen-bond acceptors (Lipinski definition) is 5. The molecule has 1 heterocycles. The van der Waals surface area contributed by atoms with E-state index in [9.17, 15) is 18.0 Å². The van der Waals surface area contributed by atoms with Crippen molar-refractivity contribution in [2.75, 3.05) is 38.3 Å². The summed E-state index contributed by atoms with van der Waals surface area (Å²) in [7, 11) is 4.49. The predicted molar refractivity (Wildman–Crippen MR) is 75.4 cm³/mol. The molecule has 0 bridgehead atoms. The van der Waals surface area contributed by atoms with Crippen LogP contribution in [0.2, 0.25) is 0 Å². The van der Waals surface area contributed by atoms with E-state index in [1.54, 1.807) is 0 Å². The maximum Gasteiger partial charge on any atom is 0.390 e. The van der Waals surface area contributed by atoms with Crippen LogP contribution in [0.3, 0.4) is 0 Å². The number of nitrogens with two attached hydrogens (primary N) is 1. The van der Waals surface area contributed by atoms with Crippen LogP contribution in [0.25, 0.3) is 0 Å². The van der Waals surface area contributed by atoms with Crippen molar-refractivity contribution in [2.45, 2.75) is 12.6 Å². The van der Waals surface area contributed by atoms with Gasteiger partial charge in [0.25, 0.3) is 5.91 Å². The number of amides is 1. The first-order valence-corrected chi connectivity index (χ1v) is 6.72. The minimum atomic E-state index is -4.29. The summed E-state index contributed by atoms with van der Waals surface area (Å²) in [6, 6.07) is 1.85. The lowest BCUT2D eigenvalue weighted by atomic mass is 10.2. The molecule has 0 aromatic carbocycles. The molecule has 0 atom stereocenters. The Morgan fingerprint density at radius 2 is 1.95 bits per heavy atom. The molecule has 0 aliphatic heterocycles. The number of rotatable bonds is 4. The molecule has 0 aliphatic carbocycles. The normalized spacial score (nSPS) is 11.1. The Bertz CT molecular complexity index is 574. The molecule has 5 nitrogen and oxygen atoms in total. The standard InChI is InChI=1S/C12H15F3N4OS/c1-18(2)10(20)9-8(17)7(6-16)11(21-9)19(3)5-4-12(13,14)15/h4-5,17H2,1-3H3. The summed E-state index contributed by atoms with van der Waals surface area (Å²) in [6.07, 6.45) is -5.30. The Morgan fingerprint density at radius 1 is 1.38 bits per heavy atom. The minimum absolute atomic E-state index is 0.00931. The molecule has 0 unspecified atom stereocenters. The summed E-state index contributed by atoms with van der Waals surface area (Å²) >= 11 is 0.926. The molecule has 0 radical (unpaired) electrons. The van der Waals surface area contributed by atoms with E-state index in [0.717, 1.165) is 11.3 Å². The van der Waals surface area contributed by atoms with Crippen LogP contribution in [-0.2, 0) is 0 Å². The maximum absolute atomic E-state index is 12.3. The third-order valence-corrected chi connectivity index (χ3v) is 4.02. The van der Waals surface area contributed by atoms with E-state index in [4.69, 9.17) is 11.0 Å². The lowest BCUT2D eigenvalue weighted by molar-refractivity contribution is -0.132. The molecule has 0 aliphatic rings. The molecular weight excluding hydrogens is 305 g/mol. The molecule has 0 saturated heterocycles. The van der Waals surface area contributed by atoms with Crippen molar-refractivity contribution in [3.8, 4) is 6.07 Å². The zero-order chi connectivity index (χ0) is 16.4. The van der Waals surface area contributed by atoms with Gasteiger partial charge in [-0.1, -0.05) is 0 Å². The quantitative estimate of drug-likeness (QED) is 0.924. The van der Waals surface area contributed by atoms with Crippen LogP contribution < -0.4 is 10.6 Å². The zero-order valence-corrected chi connectivity index (χ0v) is 12.6. The van der Waals surface area contributed by atoms with Crippen molar-refractivity contribution in [3.05, 3.63) is 10.4 Å². The van der Waals surface area contributed by atoms with E-state index in [2.05, 4.69) is 0 Å². The lowest BCUT2D eigenvalue weighted by Crippen LogP contribution is -2.23. The van der Waals surface area contributed by atoms with Gasteiger partial charge in [0.15, 0.2) is 0 Å². The third kappa shape index (κ3) is 4.01. The predicted octanol–water partition coefficient (Wildman–Crippen LogP) is 2.29. The monoisotopic (exact) mass is 320 g/mol. The van der Waals surface area contributed by atoms with Crippen molar-refractivity contribution in [1.29, 1.82) is 5.26 Å². The second-order valence-corrected chi connectivity index (χ2v) is 5.62. The largest absolute Gasteiger partial charge is 0.396 e. The smallest absolute Gasteiger partial charge is 0.390 e. The molecule has 1 amide bonds. The van der Waals surface area contributed by atoms with E-state index in [-0.39, 0.29) is 33.6 Å². The number of anilines is 2. The molecule has 1 rings (SSSR count). The van der Waals surface area contributed by atoms with Gasteiger partial charge in [0.1, 0.15) is 21.5 Å². The highest BCUT2D eigenvalue weighted by atomic mass is 32.1. The Kier molecular flexibility index (Phi) is 5.06. The van der Waals surface area contributed by atoms with Gasteiger partial charge in [0.2, 0.25) is 0 Å². The highest BCUT2D eigenvalue weighted by Gasteiger charge is 2.29. The number of hydrogen-bond donors (Lipinski definition) is 1. The van der Waals surface area contributed by atoms with Crippen LogP contribution in [0.15, 0.2) is 0 Å². The van der Waals surface area contributed by atoms with Crippen molar-refractivity contribution in [3.63, 3.8) is 0 Å². The Morgan fingerprint density at radius 3 is 2.38 bits per heavy atom. The SMILES string of the molecule is CN(C)C(=O)c1sc(N(C)CCC(F)(F)F)c(C#N)c1N. The summed E-state index contributed by atoms with van der Waals surface area (Å²) in [4.78, 5) is 14.7. The minimum Gasteiger partial charge on any atom is -0.396 e. The molecule has 1 aromatic rings. The van der Waals surface area contributed by atoms with Crippen LogP contribution >= 0.6 is 11.3 Å². The Balaban J connectivity index is 3.11. The summed E-state index contributed by atoms with van der Waals surface area (Å²) in [6.45, 7) is -0.312. The number of nitrogen functional groups attached to an aromatic ring is 1. The number of halogens is 3. The number of nitriles is 1. The fourth-order valence-electron chi connectivity index (χ4n) is 1.57. The first kappa shape index (κ1) is 17.1. The first-order valence-electron chi connectivity index (χ1n) is 5.90. The van der Waals surface area contributed by atoms with Gasteiger partial charge in [-0.2, -0.15) is 18.4 Å². The average Bonchev–Trinajstić information content (AvgIpc) is 2.71. The lowest BCUT2D eigenvalue weighted by Gasteiger charge is -2.18. The second-order valence-electron chi connectivity index (χ2n) is 4.62. The highest BCUT2D eigenvalue weighted by molar-refractivity contribution is 7.19.